The Bertz CT molecular complexity index is 176. The van der Waals surface area contributed by atoms with Gasteiger partial charge in [0.15, 0.2) is 0 Å². The number of hydrogen-bond acceptors (Lipinski definition) is 3. The van der Waals surface area contributed by atoms with Crippen LogP contribution in [0.15, 0.2) is 0 Å². The van der Waals surface area contributed by atoms with Gasteiger partial charge < -0.3 is 10.0 Å². The normalized spacial score (nSPS) is 23.7. The van der Waals surface area contributed by atoms with Crippen LogP contribution in [0, 0.1) is 0 Å². The van der Waals surface area contributed by atoms with Crippen LogP contribution in [-0.4, -0.2) is 38.0 Å². The Morgan fingerprint density at radius 3 is 2.82 bits per heavy atom. The first-order chi connectivity index (χ1) is 5.13. The molecule has 0 bridgehead atoms. The standard InChI is InChI=1S/C5H7NO2S3/c7-4(8)3-1-11-2-6(3)5(9)10/h3H,1-2H2,(H,7,8)(H,9,10). The number of nitrogens with zero attached hydrogens (tertiary/aromatic N) is 1. The largest absolute Gasteiger partial charge is 0.480 e. The van der Waals surface area contributed by atoms with Gasteiger partial charge in [0, 0.05) is 5.75 Å². The van der Waals surface area contributed by atoms with Crippen LogP contribution >= 0.6 is 36.6 Å². The van der Waals surface area contributed by atoms with E-state index in [1.54, 1.807) is 16.7 Å². The molecule has 11 heavy (non-hydrogen) atoms. The van der Waals surface area contributed by atoms with Gasteiger partial charge in [-0.25, -0.2) is 4.79 Å². The summed E-state index contributed by atoms with van der Waals surface area (Å²) in [5, 5.41) is 8.68. The fourth-order valence-electron chi connectivity index (χ4n) is 0.836. The van der Waals surface area contributed by atoms with Gasteiger partial charge in [0.05, 0.1) is 5.88 Å². The summed E-state index contributed by atoms with van der Waals surface area (Å²) in [6.45, 7) is 0. The number of thiocarbonyl (C=S) groups is 1. The molecule has 0 aliphatic carbocycles. The minimum Gasteiger partial charge on any atom is -0.480 e. The van der Waals surface area contributed by atoms with Crippen LogP contribution < -0.4 is 0 Å². The zero-order chi connectivity index (χ0) is 8.43. The Hall–Kier alpha value is 0.0600. The molecule has 1 fully saturated rings. The van der Waals surface area contributed by atoms with E-state index >= 15 is 0 Å². The lowest BCUT2D eigenvalue weighted by Crippen LogP contribution is -2.38. The quantitative estimate of drug-likeness (QED) is 0.490. The van der Waals surface area contributed by atoms with Crippen molar-refractivity contribution in [2.75, 3.05) is 11.6 Å². The number of carbonyl (C=O) groups is 1. The van der Waals surface area contributed by atoms with E-state index in [1.807, 2.05) is 0 Å². The SMILES string of the molecule is O=C(O)C1CSCN1C(=S)S. The van der Waals surface area contributed by atoms with Crippen molar-refractivity contribution in [1.82, 2.24) is 4.90 Å². The minimum atomic E-state index is -0.827. The Balaban J connectivity index is 2.65. The van der Waals surface area contributed by atoms with Crippen molar-refractivity contribution in [2.24, 2.45) is 0 Å². The molecule has 0 radical (unpaired) electrons. The second-order valence-electron chi connectivity index (χ2n) is 2.11. The number of carboxylic acid groups (broad SMARTS) is 1. The third-order valence-corrected chi connectivity index (χ3v) is 2.92. The first-order valence-corrected chi connectivity index (χ1v) is 4.94. The second-order valence-corrected chi connectivity index (χ2v) is 4.22. The molecule has 1 rings (SSSR count). The molecular formula is C5H7NO2S3. The average molecular weight is 209 g/mol. The predicted molar refractivity (Wildman–Crippen MR) is 52.2 cm³/mol. The molecule has 62 valence electrons. The van der Waals surface area contributed by atoms with E-state index < -0.39 is 12.0 Å². The van der Waals surface area contributed by atoms with Crippen molar-refractivity contribution in [3.63, 3.8) is 0 Å². The molecule has 0 amide bonds. The Labute approximate surface area is 79.5 Å². The summed E-state index contributed by atoms with van der Waals surface area (Å²) < 4.78 is 0.363. The predicted octanol–water partition coefficient (Wildman–Crippen LogP) is 0.661. The summed E-state index contributed by atoms with van der Waals surface area (Å²) in [5.41, 5.74) is 0. The molecule has 1 N–H and O–H groups in total. The van der Waals surface area contributed by atoms with E-state index in [0.29, 0.717) is 16.0 Å². The molecule has 1 heterocycles. The molecule has 1 aliphatic rings. The lowest BCUT2D eigenvalue weighted by molar-refractivity contribution is -0.140. The highest BCUT2D eigenvalue weighted by molar-refractivity contribution is 8.11. The molecule has 1 saturated heterocycles. The van der Waals surface area contributed by atoms with Gasteiger partial charge in [-0.3, -0.25) is 0 Å². The monoisotopic (exact) mass is 209 g/mol. The summed E-state index contributed by atoms with van der Waals surface area (Å²) in [6, 6.07) is -0.481. The van der Waals surface area contributed by atoms with Gasteiger partial charge in [-0.05, 0) is 0 Å². The maximum atomic E-state index is 10.6. The summed E-state index contributed by atoms with van der Waals surface area (Å²) in [4.78, 5) is 12.2. The molecule has 0 aromatic rings. The third-order valence-electron chi connectivity index (χ3n) is 1.41. The first-order valence-electron chi connectivity index (χ1n) is 2.93. The molecule has 1 atom stereocenters. The maximum absolute atomic E-state index is 10.6. The van der Waals surface area contributed by atoms with Crippen molar-refractivity contribution in [3.05, 3.63) is 0 Å². The van der Waals surface area contributed by atoms with Gasteiger partial charge in [-0.1, -0.05) is 12.2 Å². The van der Waals surface area contributed by atoms with Gasteiger partial charge in [-0.2, -0.15) is 0 Å². The van der Waals surface area contributed by atoms with Crippen molar-refractivity contribution in [2.45, 2.75) is 6.04 Å². The minimum absolute atomic E-state index is 0.363. The lowest BCUT2D eigenvalue weighted by atomic mass is 10.3. The second kappa shape index (κ2) is 3.64. The molecular weight excluding hydrogens is 202 g/mol. The molecule has 3 nitrogen and oxygen atoms in total. The zero-order valence-corrected chi connectivity index (χ0v) is 8.09. The summed E-state index contributed by atoms with van der Waals surface area (Å²) in [5.74, 6) is 0.404. The van der Waals surface area contributed by atoms with Crippen molar-refractivity contribution < 1.29 is 9.90 Å². The summed E-state index contributed by atoms with van der Waals surface area (Å²) >= 11 is 10.2. The van der Waals surface area contributed by atoms with E-state index in [2.05, 4.69) is 12.6 Å². The first kappa shape index (κ1) is 9.15. The highest BCUT2D eigenvalue weighted by Crippen LogP contribution is 2.22. The van der Waals surface area contributed by atoms with Crippen molar-refractivity contribution >= 4 is 46.9 Å². The fourth-order valence-corrected chi connectivity index (χ4v) is 2.57. The molecule has 6 heteroatoms. The zero-order valence-electron chi connectivity index (χ0n) is 5.56. The molecule has 1 unspecified atom stereocenters. The maximum Gasteiger partial charge on any atom is 0.327 e. The van der Waals surface area contributed by atoms with Crippen LogP contribution in [0.4, 0.5) is 0 Å². The summed E-state index contributed by atoms with van der Waals surface area (Å²) in [7, 11) is 0. The average Bonchev–Trinajstić information content (AvgIpc) is 2.32. The number of aliphatic carboxylic acids is 1. The van der Waals surface area contributed by atoms with E-state index in [9.17, 15) is 4.79 Å². The van der Waals surface area contributed by atoms with E-state index in [4.69, 9.17) is 17.3 Å². The van der Waals surface area contributed by atoms with Gasteiger partial charge in [0.1, 0.15) is 10.4 Å². The van der Waals surface area contributed by atoms with Crippen LogP contribution in [0.3, 0.4) is 0 Å². The van der Waals surface area contributed by atoms with Crippen molar-refractivity contribution in [1.29, 1.82) is 0 Å². The number of hydrogen-bond donors (Lipinski definition) is 2. The highest BCUT2D eigenvalue weighted by Gasteiger charge is 2.31. The number of carboxylic acids is 1. The van der Waals surface area contributed by atoms with Crippen LogP contribution in [0.1, 0.15) is 0 Å². The molecule has 0 aromatic carbocycles. The van der Waals surface area contributed by atoms with Crippen LogP contribution in [0.25, 0.3) is 0 Å². The van der Waals surface area contributed by atoms with Gasteiger partial charge in [0.25, 0.3) is 0 Å². The molecule has 0 spiro atoms. The number of rotatable bonds is 1. The van der Waals surface area contributed by atoms with E-state index in [-0.39, 0.29) is 0 Å². The number of thiol groups is 1. The van der Waals surface area contributed by atoms with Crippen molar-refractivity contribution in [3.8, 4) is 0 Å². The van der Waals surface area contributed by atoms with Crippen LogP contribution in [0.2, 0.25) is 0 Å². The Morgan fingerprint density at radius 2 is 2.45 bits per heavy atom. The van der Waals surface area contributed by atoms with Gasteiger partial charge >= 0.3 is 5.97 Å². The Kier molecular flexibility index (Phi) is 3.03. The number of thioether (sulfide) groups is 1. The van der Waals surface area contributed by atoms with Gasteiger partial charge in [0.2, 0.25) is 0 Å². The lowest BCUT2D eigenvalue weighted by Gasteiger charge is -2.19. The Morgan fingerprint density at radius 1 is 1.82 bits per heavy atom. The summed E-state index contributed by atoms with van der Waals surface area (Å²) in [6.07, 6.45) is 0. The van der Waals surface area contributed by atoms with Crippen LogP contribution in [-0.2, 0) is 4.79 Å². The van der Waals surface area contributed by atoms with E-state index in [1.165, 1.54) is 0 Å². The van der Waals surface area contributed by atoms with Crippen LogP contribution in [0.5, 0.6) is 0 Å². The molecule has 1 aliphatic heterocycles. The topological polar surface area (TPSA) is 40.5 Å². The smallest absolute Gasteiger partial charge is 0.327 e. The fraction of sp³-hybridized carbons (Fsp3) is 0.600. The molecule has 0 saturated carbocycles. The van der Waals surface area contributed by atoms with E-state index in [0.717, 1.165) is 0 Å². The van der Waals surface area contributed by atoms with Gasteiger partial charge in [-0.15, -0.1) is 24.4 Å². The highest BCUT2D eigenvalue weighted by atomic mass is 32.2. The third kappa shape index (κ3) is 2.00. The molecule has 0 aromatic heterocycles.